The van der Waals surface area contributed by atoms with Crippen LogP contribution in [0.15, 0.2) is 18.2 Å². The zero-order valence-corrected chi connectivity index (χ0v) is 6.81. The third kappa shape index (κ3) is 2.12. The Morgan fingerprint density at radius 2 is 2.00 bits per heavy atom. The Kier molecular flexibility index (Phi) is 2.47. The first-order chi connectivity index (χ1) is 5.95. The smallest absolute Gasteiger partial charge is 0.270 e. The summed E-state index contributed by atoms with van der Waals surface area (Å²) in [5.41, 5.74) is 0.781. The van der Waals surface area contributed by atoms with Gasteiger partial charge in [-0.25, -0.2) is 13.2 Å². The normalized spacial score (nSPS) is 11.5. The molecule has 2 N–H and O–H groups in total. The van der Waals surface area contributed by atoms with E-state index < -0.39 is 11.7 Å². The summed E-state index contributed by atoms with van der Waals surface area (Å²) in [5, 5.41) is 8.37. The summed E-state index contributed by atoms with van der Waals surface area (Å²) in [5.74, 6) is -3.82. The van der Waals surface area contributed by atoms with Gasteiger partial charge in [0.05, 0.1) is 5.69 Å². The number of hydrogen-bond acceptors (Lipinski definition) is 2. The molecule has 0 unspecified atom stereocenters. The minimum Gasteiger partial charge on any atom is -0.291 e. The minimum absolute atomic E-state index is 0.356. The van der Waals surface area contributed by atoms with Crippen molar-refractivity contribution >= 4 is 5.69 Å². The van der Waals surface area contributed by atoms with Crippen molar-refractivity contribution in [3.05, 3.63) is 29.6 Å². The first kappa shape index (κ1) is 9.85. The fourth-order valence-electron chi connectivity index (χ4n) is 0.884. The molecule has 5 heteroatoms. The van der Waals surface area contributed by atoms with E-state index in [-0.39, 0.29) is 11.3 Å². The van der Waals surface area contributed by atoms with Crippen molar-refractivity contribution in [1.82, 2.24) is 0 Å². The maximum atomic E-state index is 12.7. The molecule has 1 rings (SSSR count). The maximum absolute atomic E-state index is 12.7. The minimum atomic E-state index is -3.04. The van der Waals surface area contributed by atoms with Gasteiger partial charge in [-0.1, -0.05) is 6.07 Å². The maximum Gasteiger partial charge on any atom is 0.270 e. The van der Waals surface area contributed by atoms with Gasteiger partial charge in [-0.2, -0.15) is 0 Å². The lowest BCUT2D eigenvalue weighted by molar-refractivity contribution is 0.0174. The second-order valence-corrected chi connectivity index (χ2v) is 2.69. The molecule has 0 bridgehead atoms. The van der Waals surface area contributed by atoms with Crippen molar-refractivity contribution in [3.8, 4) is 0 Å². The van der Waals surface area contributed by atoms with Gasteiger partial charge in [0.2, 0.25) is 0 Å². The van der Waals surface area contributed by atoms with Crippen molar-refractivity contribution in [3.63, 3.8) is 0 Å². The fraction of sp³-hybridized carbons (Fsp3) is 0.250. The van der Waals surface area contributed by atoms with Crippen LogP contribution in [0.1, 0.15) is 12.5 Å². The van der Waals surface area contributed by atoms with E-state index in [9.17, 15) is 13.2 Å². The third-order valence-electron chi connectivity index (χ3n) is 1.59. The molecule has 0 saturated carbocycles. The molecule has 0 spiro atoms. The first-order valence-corrected chi connectivity index (χ1v) is 3.53. The molecule has 1 aromatic carbocycles. The van der Waals surface area contributed by atoms with Crippen LogP contribution in [0.2, 0.25) is 0 Å². The van der Waals surface area contributed by atoms with E-state index in [1.54, 1.807) is 0 Å². The largest absolute Gasteiger partial charge is 0.291 e. The second kappa shape index (κ2) is 3.26. The summed E-state index contributed by atoms with van der Waals surface area (Å²) in [4.78, 5) is 0. The van der Waals surface area contributed by atoms with E-state index >= 15 is 0 Å². The number of alkyl halides is 2. The Morgan fingerprint density at radius 3 is 2.46 bits per heavy atom. The highest BCUT2D eigenvalue weighted by Gasteiger charge is 2.25. The van der Waals surface area contributed by atoms with E-state index in [1.807, 2.05) is 0 Å². The molecule has 1 aromatic rings. The van der Waals surface area contributed by atoms with Gasteiger partial charge in [0.25, 0.3) is 5.92 Å². The Hall–Kier alpha value is -1.23. The number of nitrogens with one attached hydrogen (secondary N) is 1. The van der Waals surface area contributed by atoms with Gasteiger partial charge in [-0.3, -0.25) is 10.7 Å². The van der Waals surface area contributed by atoms with Crippen molar-refractivity contribution in [2.45, 2.75) is 12.8 Å². The SMILES string of the molecule is CC(F)(F)c1ccc(F)c(NO)c1. The molecule has 0 atom stereocenters. The van der Waals surface area contributed by atoms with Crippen LogP contribution in [-0.4, -0.2) is 5.21 Å². The molecule has 0 saturated heterocycles. The predicted molar refractivity (Wildman–Crippen MR) is 41.4 cm³/mol. The van der Waals surface area contributed by atoms with Crippen LogP contribution in [0.5, 0.6) is 0 Å². The zero-order valence-electron chi connectivity index (χ0n) is 6.81. The van der Waals surface area contributed by atoms with Gasteiger partial charge >= 0.3 is 0 Å². The van der Waals surface area contributed by atoms with Crippen LogP contribution in [0.4, 0.5) is 18.9 Å². The van der Waals surface area contributed by atoms with Crippen molar-refractivity contribution in [2.24, 2.45) is 0 Å². The summed E-state index contributed by atoms with van der Waals surface area (Å²) < 4.78 is 38.0. The van der Waals surface area contributed by atoms with Gasteiger partial charge in [0.15, 0.2) is 0 Å². The van der Waals surface area contributed by atoms with Crippen LogP contribution in [-0.2, 0) is 5.92 Å². The average molecular weight is 191 g/mol. The summed E-state index contributed by atoms with van der Waals surface area (Å²) in [6.07, 6.45) is 0. The van der Waals surface area contributed by atoms with Crippen LogP contribution in [0.25, 0.3) is 0 Å². The van der Waals surface area contributed by atoms with Crippen LogP contribution in [0, 0.1) is 5.82 Å². The lowest BCUT2D eigenvalue weighted by atomic mass is 10.1. The number of halogens is 3. The molecule has 72 valence electrons. The van der Waals surface area contributed by atoms with E-state index in [0.29, 0.717) is 6.92 Å². The fourth-order valence-corrected chi connectivity index (χ4v) is 0.884. The summed E-state index contributed by atoms with van der Waals surface area (Å²) in [7, 11) is 0. The Balaban J connectivity index is 3.14. The Labute approximate surface area is 73.0 Å². The highest BCUT2D eigenvalue weighted by atomic mass is 19.3. The van der Waals surface area contributed by atoms with E-state index in [0.717, 1.165) is 18.2 Å². The molecule has 0 heterocycles. The molecule has 0 radical (unpaired) electrons. The van der Waals surface area contributed by atoms with Gasteiger partial charge in [0.1, 0.15) is 5.82 Å². The van der Waals surface area contributed by atoms with Crippen LogP contribution in [0.3, 0.4) is 0 Å². The molecule has 13 heavy (non-hydrogen) atoms. The topological polar surface area (TPSA) is 32.3 Å². The zero-order chi connectivity index (χ0) is 10.1. The molecule has 0 aliphatic rings. The lowest BCUT2D eigenvalue weighted by Crippen LogP contribution is -2.08. The van der Waals surface area contributed by atoms with Gasteiger partial charge in [-0.15, -0.1) is 0 Å². The monoisotopic (exact) mass is 191 g/mol. The van der Waals surface area contributed by atoms with E-state index in [1.165, 1.54) is 5.48 Å². The summed E-state index contributed by atoms with van der Waals surface area (Å²) in [6.45, 7) is 0.696. The number of anilines is 1. The standard InChI is InChI=1S/C8H8F3NO/c1-8(10,11)5-2-3-6(9)7(4-5)12-13/h2-4,12-13H,1H3. The summed E-state index contributed by atoms with van der Waals surface area (Å²) in [6, 6.07) is 2.69. The highest BCUT2D eigenvalue weighted by Crippen LogP contribution is 2.29. The van der Waals surface area contributed by atoms with Crippen LogP contribution >= 0.6 is 0 Å². The molecular weight excluding hydrogens is 183 g/mol. The molecule has 2 nitrogen and oxygen atoms in total. The van der Waals surface area contributed by atoms with Gasteiger partial charge in [0, 0.05) is 12.5 Å². The number of rotatable bonds is 2. The molecular formula is C8H8F3NO. The van der Waals surface area contributed by atoms with Crippen molar-refractivity contribution in [2.75, 3.05) is 5.48 Å². The van der Waals surface area contributed by atoms with Gasteiger partial charge in [-0.05, 0) is 12.1 Å². The number of hydrogen-bond donors (Lipinski definition) is 2. The van der Waals surface area contributed by atoms with Crippen molar-refractivity contribution < 1.29 is 18.4 Å². The quantitative estimate of drug-likeness (QED) is 0.704. The Morgan fingerprint density at radius 1 is 1.38 bits per heavy atom. The first-order valence-electron chi connectivity index (χ1n) is 3.53. The van der Waals surface area contributed by atoms with E-state index in [2.05, 4.69) is 0 Å². The summed E-state index contributed by atoms with van der Waals surface area (Å²) >= 11 is 0. The average Bonchev–Trinajstić information content (AvgIpc) is 2.03. The number of benzene rings is 1. The lowest BCUT2D eigenvalue weighted by Gasteiger charge is -2.11. The van der Waals surface area contributed by atoms with Crippen molar-refractivity contribution in [1.29, 1.82) is 0 Å². The highest BCUT2D eigenvalue weighted by molar-refractivity contribution is 5.46. The molecule has 0 fully saturated rings. The molecule has 0 amide bonds. The van der Waals surface area contributed by atoms with Crippen LogP contribution < -0.4 is 5.48 Å². The third-order valence-corrected chi connectivity index (χ3v) is 1.59. The second-order valence-electron chi connectivity index (χ2n) is 2.69. The predicted octanol–water partition coefficient (Wildman–Crippen LogP) is 2.74. The molecule has 0 aromatic heterocycles. The van der Waals surface area contributed by atoms with Gasteiger partial charge < -0.3 is 0 Å². The molecule has 0 aliphatic carbocycles. The molecule has 0 aliphatic heterocycles. The Bertz CT molecular complexity index is 309. The van der Waals surface area contributed by atoms with E-state index in [4.69, 9.17) is 5.21 Å².